The SMILES string of the molecule is C=C.CCC1CC2CCCC2(C(=O)N2CCc3ncc(C(F)(F)F)cc3C2)C1.CO.C[C@@H]1CCOc2ccccc21. The van der Waals surface area contributed by atoms with E-state index >= 15 is 0 Å². The molecular weight excluding hydrogens is 529 g/mol. The van der Waals surface area contributed by atoms with Gasteiger partial charge < -0.3 is 14.7 Å². The number of hydrogen-bond acceptors (Lipinski definition) is 4. The maximum atomic E-state index is 13.4. The number of amides is 1. The third-order valence-electron chi connectivity index (χ3n) is 9.14. The zero-order valence-corrected chi connectivity index (χ0v) is 24.7. The molecular formula is C33H45F3N2O3. The molecule has 2 saturated carbocycles. The Morgan fingerprint density at radius 2 is 1.95 bits per heavy atom. The number of fused-ring (bicyclic) bond motifs is 3. The van der Waals surface area contributed by atoms with Gasteiger partial charge in [0.25, 0.3) is 0 Å². The first kappa shape index (κ1) is 32.6. The van der Waals surface area contributed by atoms with Gasteiger partial charge in [-0.15, -0.1) is 13.2 Å². The number of aliphatic hydroxyl groups is 1. The van der Waals surface area contributed by atoms with Crippen LogP contribution in [0.2, 0.25) is 0 Å². The third kappa shape index (κ3) is 7.14. The van der Waals surface area contributed by atoms with Crippen LogP contribution in [0.15, 0.2) is 49.7 Å². The number of hydrogen-bond donors (Lipinski definition) is 1. The van der Waals surface area contributed by atoms with Crippen LogP contribution in [0.3, 0.4) is 0 Å². The highest BCUT2D eigenvalue weighted by Gasteiger charge is 2.55. The Labute approximate surface area is 242 Å². The maximum absolute atomic E-state index is 13.4. The predicted molar refractivity (Wildman–Crippen MR) is 156 cm³/mol. The van der Waals surface area contributed by atoms with Crippen molar-refractivity contribution >= 4 is 5.91 Å². The van der Waals surface area contributed by atoms with Crippen LogP contribution in [-0.4, -0.2) is 41.2 Å². The summed E-state index contributed by atoms with van der Waals surface area (Å²) in [7, 11) is 1.00. The smallest absolute Gasteiger partial charge is 0.417 e. The fourth-order valence-corrected chi connectivity index (χ4v) is 7.03. The van der Waals surface area contributed by atoms with Gasteiger partial charge >= 0.3 is 6.18 Å². The molecule has 2 fully saturated rings. The number of benzene rings is 1. The number of nitrogens with zero attached hydrogens (tertiary/aromatic N) is 2. The minimum Gasteiger partial charge on any atom is -0.493 e. The first-order chi connectivity index (χ1) is 19.7. The predicted octanol–water partition coefficient (Wildman–Crippen LogP) is 7.57. The molecule has 2 aromatic rings. The lowest BCUT2D eigenvalue weighted by molar-refractivity contribution is -0.144. The summed E-state index contributed by atoms with van der Waals surface area (Å²) < 4.78 is 44.5. The van der Waals surface area contributed by atoms with Crippen molar-refractivity contribution in [3.8, 4) is 5.75 Å². The van der Waals surface area contributed by atoms with E-state index in [9.17, 15) is 18.0 Å². The van der Waals surface area contributed by atoms with E-state index in [1.165, 1.54) is 11.6 Å². The molecule has 1 aromatic carbocycles. The lowest BCUT2D eigenvalue weighted by Gasteiger charge is -2.37. The summed E-state index contributed by atoms with van der Waals surface area (Å²) in [4.78, 5) is 19.3. The van der Waals surface area contributed by atoms with E-state index in [-0.39, 0.29) is 17.9 Å². The Kier molecular flexibility index (Phi) is 11.4. The van der Waals surface area contributed by atoms with Crippen LogP contribution >= 0.6 is 0 Å². The summed E-state index contributed by atoms with van der Waals surface area (Å²) in [5, 5.41) is 7.00. The number of halogens is 3. The zero-order chi connectivity index (χ0) is 30.2. The maximum Gasteiger partial charge on any atom is 0.417 e. The molecule has 226 valence electrons. The molecule has 8 heteroatoms. The lowest BCUT2D eigenvalue weighted by atomic mass is 9.78. The number of aliphatic hydroxyl groups excluding tert-OH is 1. The summed E-state index contributed by atoms with van der Waals surface area (Å²) >= 11 is 0. The van der Waals surface area contributed by atoms with Crippen molar-refractivity contribution in [2.75, 3.05) is 20.3 Å². The molecule has 0 spiro atoms. The second-order valence-corrected chi connectivity index (χ2v) is 11.3. The van der Waals surface area contributed by atoms with Gasteiger partial charge in [0.2, 0.25) is 5.91 Å². The summed E-state index contributed by atoms with van der Waals surface area (Å²) in [5.41, 5.74) is 1.62. The minimum absolute atomic E-state index is 0.180. The molecule has 0 bridgehead atoms. The average Bonchev–Trinajstić information content (AvgIpc) is 3.57. The van der Waals surface area contributed by atoms with Crippen molar-refractivity contribution in [3.63, 3.8) is 0 Å². The molecule has 3 heterocycles. The fraction of sp³-hybridized carbons (Fsp3) is 0.576. The monoisotopic (exact) mass is 574 g/mol. The Morgan fingerprint density at radius 3 is 2.63 bits per heavy atom. The van der Waals surface area contributed by atoms with Gasteiger partial charge in [-0.2, -0.15) is 13.2 Å². The van der Waals surface area contributed by atoms with Gasteiger partial charge in [0.1, 0.15) is 5.75 Å². The molecule has 1 amide bonds. The molecule has 0 radical (unpaired) electrons. The van der Waals surface area contributed by atoms with Crippen LogP contribution in [-0.2, 0) is 23.9 Å². The van der Waals surface area contributed by atoms with Crippen molar-refractivity contribution < 1.29 is 27.8 Å². The number of carbonyl (C=O) groups excluding carboxylic acids is 1. The van der Waals surface area contributed by atoms with Crippen LogP contribution in [0, 0.1) is 17.3 Å². The standard InChI is InChI=1S/C20H25F3N2O.C10H12O.C2H4.CH4O/c1-2-13-8-15-4-3-6-19(15,10-13)18(26)25-7-5-17-14(12-25)9-16(11-24-17)20(21,22)23;1-8-6-7-11-10-5-3-2-4-9(8)10;2*1-2/h9,11,13,15H,2-8,10,12H2,1H3;2-5,8H,6-7H2,1H3;1-2H2;2H,1H3/t;8-;;/m.1../s1. The van der Waals surface area contributed by atoms with Gasteiger partial charge in [0.05, 0.1) is 17.6 Å². The van der Waals surface area contributed by atoms with Gasteiger partial charge in [-0.3, -0.25) is 9.78 Å². The van der Waals surface area contributed by atoms with Crippen molar-refractivity contribution in [2.24, 2.45) is 17.3 Å². The van der Waals surface area contributed by atoms with E-state index < -0.39 is 11.7 Å². The normalized spacial score (nSPS) is 25.8. The number of rotatable bonds is 2. The first-order valence-corrected chi connectivity index (χ1v) is 14.7. The Morgan fingerprint density at radius 1 is 1.22 bits per heavy atom. The van der Waals surface area contributed by atoms with Crippen molar-refractivity contribution in [1.82, 2.24) is 9.88 Å². The molecule has 2 aliphatic heterocycles. The van der Waals surface area contributed by atoms with E-state index in [4.69, 9.17) is 9.84 Å². The molecule has 4 aliphatic rings. The summed E-state index contributed by atoms with van der Waals surface area (Å²) in [6, 6.07) is 9.47. The number of aromatic nitrogens is 1. The van der Waals surface area contributed by atoms with Crippen molar-refractivity contribution in [2.45, 2.75) is 83.9 Å². The van der Waals surface area contributed by atoms with Crippen LogP contribution < -0.4 is 4.74 Å². The van der Waals surface area contributed by atoms with E-state index in [0.717, 1.165) is 70.6 Å². The third-order valence-corrected chi connectivity index (χ3v) is 9.14. The summed E-state index contributed by atoms with van der Waals surface area (Å²) in [6.45, 7) is 12.1. The first-order valence-electron chi connectivity index (χ1n) is 14.7. The minimum atomic E-state index is -4.40. The van der Waals surface area contributed by atoms with Gasteiger partial charge in [0, 0.05) is 38.5 Å². The van der Waals surface area contributed by atoms with Gasteiger partial charge in [0.15, 0.2) is 0 Å². The topological polar surface area (TPSA) is 62.7 Å². The molecule has 1 aromatic heterocycles. The number of ether oxygens (including phenoxy) is 1. The lowest BCUT2D eigenvalue weighted by Crippen LogP contribution is -2.46. The largest absolute Gasteiger partial charge is 0.493 e. The van der Waals surface area contributed by atoms with E-state index in [2.05, 4.69) is 44.1 Å². The van der Waals surface area contributed by atoms with Crippen molar-refractivity contribution in [3.05, 3.63) is 72.1 Å². The van der Waals surface area contributed by atoms with Gasteiger partial charge in [-0.1, -0.05) is 44.9 Å². The second kappa shape index (κ2) is 14.3. The Hall–Kier alpha value is -2.87. The Bertz CT molecular complexity index is 1150. The van der Waals surface area contributed by atoms with Crippen molar-refractivity contribution in [1.29, 1.82) is 0 Å². The van der Waals surface area contributed by atoms with Crippen LogP contribution in [0.25, 0.3) is 0 Å². The highest BCUT2D eigenvalue weighted by Crippen LogP contribution is 2.58. The molecule has 0 saturated heterocycles. The number of para-hydroxylation sites is 1. The van der Waals surface area contributed by atoms with Gasteiger partial charge in [-0.05, 0) is 73.1 Å². The number of carbonyl (C=O) groups is 1. The molecule has 5 nitrogen and oxygen atoms in total. The highest BCUT2D eigenvalue weighted by atomic mass is 19.4. The number of pyridine rings is 1. The molecule has 2 aliphatic carbocycles. The van der Waals surface area contributed by atoms with Gasteiger partial charge in [-0.25, -0.2) is 0 Å². The summed E-state index contributed by atoms with van der Waals surface area (Å²) in [5.74, 6) is 2.99. The van der Waals surface area contributed by atoms with Crippen LogP contribution in [0.1, 0.15) is 87.1 Å². The molecule has 3 unspecified atom stereocenters. The van der Waals surface area contributed by atoms with Crippen LogP contribution in [0.4, 0.5) is 13.2 Å². The fourth-order valence-electron chi connectivity index (χ4n) is 7.03. The van der Waals surface area contributed by atoms with E-state index in [1.807, 2.05) is 12.1 Å². The average molecular weight is 575 g/mol. The molecule has 41 heavy (non-hydrogen) atoms. The van der Waals surface area contributed by atoms with Crippen LogP contribution in [0.5, 0.6) is 5.75 Å². The highest BCUT2D eigenvalue weighted by molar-refractivity contribution is 5.84. The van der Waals surface area contributed by atoms with E-state index in [1.54, 1.807) is 4.90 Å². The molecule has 1 N–H and O–H groups in total. The molecule has 6 rings (SSSR count). The zero-order valence-electron chi connectivity index (χ0n) is 24.7. The Balaban J connectivity index is 0.000000256. The van der Waals surface area contributed by atoms with E-state index in [0.29, 0.717) is 42.0 Å². The summed E-state index contributed by atoms with van der Waals surface area (Å²) in [6.07, 6.45) is 4.54. The quantitative estimate of drug-likeness (QED) is 0.376. The second-order valence-electron chi connectivity index (χ2n) is 11.3. The molecule has 4 atom stereocenters. The number of alkyl halides is 3.